The van der Waals surface area contributed by atoms with Gasteiger partial charge in [-0.25, -0.2) is 4.98 Å². The van der Waals surface area contributed by atoms with Crippen molar-refractivity contribution in [1.29, 1.82) is 0 Å². The number of fused-ring (bicyclic) bond motifs is 1. The van der Waals surface area contributed by atoms with Crippen molar-refractivity contribution in [3.05, 3.63) is 76.5 Å². The van der Waals surface area contributed by atoms with Crippen molar-refractivity contribution in [2.75, 3.05) is 6.54 Å². The molecule has 0 spiro atoms. The number of hydrogen-bond donors (Lipinski definition) is 0. The third kappa shape index (κ3) is 4.55. The lowest BCUT2D eigenvalue weighted by Crippen LogP contribution is -2.36. The highest BCUT2D eigenvalue weighted by Gasteiger charge is 2.19. The van der Waals surface area contributed by atoms with Gasteiger partial charge < -0.3 is 9.32 Å². The van der Waals surface area contributed by atoms with Crippen LogP contribution in [0.2, 0.25) is 0 Å². The fraction of sp³-hybridized carbons (Fsp3) is 0.208. The van der Waals surface area contributed by atoms with Gasteiger partial charge in [0.1, 0.15) is 11.4 Å². The van der Waals surface area contributed by atoms with Crippen molar-refractivity contribution in [1.82, 2.24) is 24.6 Å². The van der Waals surface area contributed by atoms with Crippen LogP contribution >= 0.6 is 22.7 Å². The molecule has 0 aliphatic heterocycles. The van der Waals surface area contributed by atoms with E-state index in [-0.39, 0.29) is 24.6 Å². The number of rotatable bonds is 8. The topological polar surface area (TPSA) is 94.1 Å². The summed E-state index contributed by atoms with van der Waals surface area (Å²) in [4.78, 5) is 34.8. The molecule has 1 aromatic carbocycles. The fourth-order valence-electron chi connectivity index (χ4n) is 3.61. The number of nitrogens with zero attached hydrogens (tertiary/aromatic N) is 5. The van der Waals surface area contributed by atoms with Crippen LogP contribution in [-0.4, -0.2) is 37.1 Å². The van der Waals surface area contributed by atoms with Crippen LogP contribution in [0.1, 0.15) is 19.2 Å². The molecule has 4 aromatic heterocycles. The minimum absolute atomic E-state index is 0.107. The second-order valence-electron chi connectivity index (χ2n) is 7.67. The number of aromatic nitrogens is 4. The number of benzene rings is 1. The molecule has 172 valence electrons. The van der Waals surface area contributed by atoms with E-state index in [0.29, 0.717) is 28.5 Å². The van der Waals surface area contributed by atoms with E-state index in [9.17, 15) is 9.59 Å². The van der Waals surface area contributed by atoms with Gasteiger partial charge in [-0.15, -0.1) is 32.9 Å². The van der Waals surface area contributed by atoms with Gasteiger partial charge in [-0.05, 0) is 29.5 Å². The van der Waals surface area contributed by atoms with Crippen molar-refractivity contribution < 1.29 is 9.21 Å². The standard InChI is InChI=1S/C24H21N5O3S2/c1-2-10-28(13-20-26-27-22(32-20)18-9-6-11-33-18)21(30)14-29-15-25-23-17(24(29)31)12-19(34-23)16-7-4-3-5-8-16/h3-9,11-12,15H,2,10,13-14H2,1H3. The molecule has 1 amide bonds. The Labute approximate surface area is 203 Å². The average Bonchev–Trinajstić information content (AvgIpc) is 3.62. The summed E-state index contributed by atoms with van der Waals surface area (Å²) in [5.74, 6) is 0.586. The van der Waals surface area contributed by atoms with Crippen LogP contribution in [0.4, 0.5) is 0 Å². The van der Waals surface area contributed by atoms with Crippen molar-refractivity contribution in [3.63, 3.8) is 0 Å². The fourth-order valence-corrected chi connectivity index (χ4v) is 5.24. The number of carbonyl (C=O) groups is 1. The van der Waals surface area contributed by atoms with Gasteiger partial charge in [0.15, 0.2) is 0 Å². The van der Waals surface area contributed by atoms with Gasteiger partial charge in [-0.3, -0.25) is 14.2 Å². The summed E-state index contributed by atoms with van der Waals surface area (Å²) >= 11 is 2.97. The lowest BCUT2D eigenvalue weighted by atomic mass is 10.2. The maximum atomic E-state index is 13.1. The molecule has 0 atom stereocenters. The number of amides is 1. The van der Waals surface area contributed by atoms with Gasteiger partial charge in [0.2, 0.25) is 11.8 Å². The monoisotopic (exact) mass is 491 g/mol. The number of carbonyl (C=O) groups excluding carboxylic acids is 1. The molecule has 0 bridgehead atoms. The molecule has 0 N–H and O–H groups in total. The first kappa shape index (κ1) is 22.2. The highest BCUT2D eigenvalue weighted by atomic mass is 32.1. The lowest BCUT2D eigenvalue weighted by Gasteiger charge is -2.20. The van der Waals surface area contributed by atoms with E-state index >= 15 is 0 Å². The zero-order chi connectivity index (χ0) is 23.5. The van der Waals surface area contributed by atoms with Gasteiger partial charge in [0.25, 0.3) is 11.4 Å². The molecule has 0 aliphatic carbocycles. The summed E-state index contributed by atoms with van der Waals surface area (Å²) in [5, 5.41) is 10.6. The molecule has 0 saturated heterocycles. The zero-order valence-electron chi connectivity index (χ0n) is 18.4. The summed E-state index contributed by atoms with van der Waals surface area (Å²) in [7, 11) is 0. The lowest BCUT2D eigenvalue weighted by molar-refractivity contribution is -0.132. The molecule has 0 aliphatic rings. The summed E-state index contributed by atoms with van der Waals surface area (Å²) in [5.41, 5.74) is 0.800. The SMILES string of the molecule is CCCN(Cc1nnc(-c2cccs2)o1)C(=O)Cn1cnc2sc(-c3ccccc3)cc2c1=O. The molecule has 8 nitrogen and oxygen atoms in total. The number of thiophene rings is 2. The van der Waals surface area contributed by atoms with E-state index in [1.54, 1.807) is 4.90 Å². The molecule has 0 fully saturated rings. The smallest absolute Gasteiger partial charge is 0.262 e. The first-order valence-electron chi connectivity index (χ1n) is 10.8. The van der Waals surface area contributed by atoms with E-state index in [1.165, 1.54) is 33.6 Å². The maximum Gasteiger partial charge on any atom is 0.262 e. The quantitative estimate of drug-likeness (QED) is 0.313. The largest absolute Gasteiger partial charge is 0.418 e. The van der Waals surface area contributed by atoms with Crippen LogP contribution in [0.25, 0.3) is 31.4 Å². The predicted octanol–water partition coefficient (Wildman–Crippen LogP) is 4.68. The average molecular weight is 492 g/mol. The van der Waals surface area contributed by atoms with Crippen LogP contribution in [-0.2, 0) is 17.9 Å². The highest BCUT2D eigenvalue weighted by molar-refractivity contribution is 7.21. The Kier molecular flexibility index (Phi) is 6.33. The molecule has 0 unspecified atom stereocenters. The van der Waals surface area contributed by atoms with Gasteiger partial charge >= 0.3 is 0 Å². The Morgan fingerprint density at radius 2 is 1.97 bits per heavy atom. The van der Waals surface area contributed by atoms with Crippen molar-refractivity contribution >= 4 is 38.8 Å². The van der Waals surface area contributed by atoms with Crippen molar-refractivity contribution in [3.8, 4) is 21.2 Å². The van der Waals surface area contributed by atoms with E-state index in [0.717, 1.165) is 21.7 Å². The van der Waals surface area contributed by atoms with Crippen molar-refractivity contribution in [2.24, 2.45) is 0 Å². The Morgan fingerprint density at radius 1 is 1.12 bits per heavy atom. The second-order valence-corrected chi connectivity index (χ2v) is 9.65. The molecule has 5 aromatic rings. The maximum absolute atomic E-state index is 13.1. The number of hydrogen-bond acceptors (Lipinski definition) is 8. The van der Waals surface area contributed by atoms with E-state index < -0.39 is 0 Å². The molecule has 34 heavy (non-hydrogen) atoms. The molecule has 4 heterocycles. The normalized spacial score (nSPS) is 11.2. The third-order valence-electron chi connectivity index (χ3n) is 5.25. The summed E-state index contributed by atoms with van der Waals surface area (Å²) in [6.45, 7) is 2.58. The van der Waals surface area contributed by atoms with E-state index in [1.807, 2.05) is 60.8 Å². The summed E-state index contributed by atoms with van der Waals surface area (Å²) in [6.07, 6.45) is 2.20. The summed E-state index contributed by atoms with van der Waals surface area (Å²) in [6, 6.07) is 15.5. The van der Waals surface area contributed by atoms with Gasteiger partial charge in [-0.2, -0.15) is 0 Å². The minimum atomic E-state index is -0.231. The van der Waals surface area contributed by atoms with Gasteiger partial charge in [0.05, 0.1) is 23.1 Å². The van der Waals surface area contributed by atoms with Gasteiger partial charge in [-0.1, -0.05) is 43.3 Å². The van der Waals surface area contributed by atoms with E-state index in [2.05, 4.69) is 15.2 Å². The molecule has 0 saturated carbocycles. The Bertz CT molecular complexity index is 1470. The summed E-state index contributed by atoms with van der Waals surface area (Å²) < 4.78 is 7.11. The molecule has 5 rings (SSSR count). The first-order valence-corrected chi connectivity index (χ1v) is 12.5. The molecule has 0 radical (unpaired) electrons. The van der Waals surface area contributed by atoms with Crippen LogP contribution in [0.3, 0.4) is 0 Å². The first-order chi connectivity index (χ1) is 16.6. The third-order valence-corrected chi connectivity index (χ3v) is 7.20. The highest BCUT2D eigenvalue weighted by Crippen LogP contribution is 2.30. The predicted molar refractivity (Wildman–Crippen MR) is 133 cm³/mol. The Morgan fingerprint density at radius 3 is 2.74 bits per heavy atom. The van der Waals surface area contributed by atoms with Crippen LogP contribution in [0.15, 0.2) is 69.5 Å². The molecule has 10 heteroatoms. The van der Waals surface area contributed by atoms with Crippen LogP contribution in [0, 0.1) is 0 Å². The minimum Gasteiger partial charge on any atom is -0.418 e. The van der Waals surface area contributed by atoms with Crippen LogP contribution < -0.4 is 5.56 Å². The van der Waals surface area contributed by atoms with Crippen LogP contribution in [0.5, 0.6) is 0 Å². The zero-order valence-corrected chi connectivity index (χ0v) is 20.0. The van der Waals surface area contributed by atoms with E-state index in [4.69, 9.17) is 4.42 Å². The molecular weight excluding hydrogens is 470 g/mol. The van der Waals surface area contributed by atoms with Crippen molar-refractivity contribution in [2.45, 2.75) is 26.4 Å². The second kappa shape index (κ2) is 9.70. The molecular formula is C24H21N5O3S2. The Hall–Kier alpha value is -3.63. The Balaban J connectivity index is 1.35. The van der Waals surface area contributed by atoms with Gasteiger partial charge in [0, 0.05) is 11.4 Å².